The van der Waals surface area contributed by atoms with E-state index in [-0.39, 0.29) is 0 Å². The molecule has 0 bridgehead atoms. The monoisotopic (exact) mass is 475 g/mol. The summed E-state index contributed by atoms with van der Waals surface area (Å²) in [7, 11) is -2.29. The molecule has 0 saturated heterocycles. The van der Waals surface area contributed by atoms with E-state index in [9.17, 15) is 0 Å². The van der Waals surface area contributed by atoms with Crippen LogP contribution in [0.4, 0.5) is 0 Å². The van der Waals surface area contributed by atoms with Crippen molar-refractivity contribution in [2.75, 3.05) is 12.3 Å². The largest absolute Gasteiger partial charge is 0.112 e. The summed E-state index contributed by atoms with van der Waals surface area (Å²) in [5, 5.41) is 7.29. The van der Waals surface area contributed by atoms with E-state index in [0.717, 1.165) is 12.3 Å². The first-order valence-corrected chi connectivity index (χ1v) is 15.3. The van der Waals surface area contributed by atoms with Crippen LogP contribution in [0.25, 0.3) is 0 Å². The summed E-state index contributed by atoms with van der Waals surface area (Å²) in [6.45, 7) is 0. The topological polar surface area (TPSA) is 0 Å². The van der Waals surface area contributed by atoms with Crippen LogP contribution in [0.5, 0.6) is 0 Å². The molecule has 0 fully saturated rings. The fourth-order valence-corrected chi connectivity index (χ4v) is 12.3. The lowest BCUT2D eigenvalue weighted by atomic mass is 10.4. The maximum atomic E-state index is 2.35. The average Bonchev–Trinajstić information content (AvgIpc) is 2.94. The number of rotatable bonds is 8. The minimum Gasteiger partial charge on any atom is -0.0622 e. The summed E-state index contributed by atoms with van der Waals surface area (Å²) >= 11 is 0. The Kier molecular flexibility index (Phi) is 7.31. The maximum absolute atomic E-state index is 2.35. The van der Waals surface area contributed by atoms with Crippen molar-refractivity contribution >= 4 is 41.7 Å². The molecular weight excluding hydrogens is 446 g/mol. The number of hydrogen-bond acceptors (Lipinski definition) is 0. The van der Waals surface area contributed by atoms with E-state index in [1.54, 1.807) is 0 Å². The molecule has 0 aliphatic heterocycles. The van der Waals surface area contributed by atoms with Crippen LogP contribution in [-0.4, -0.2) is 12.3 Å². The SMILES string of the molecule is c1ccc(P(CC[P+](c2ccccc2)(c2ccccc2)c2ccccc2)c2ccccc2)cc1. The molecule has 0 spiro atoms. The van der Waals surface area contributed by atoms with Gasteiger partial charge in [0.05, 0.1) is 6.16 Å². The third kappa shape index (κ3) is 4.76. The van der Waals surface area contributed by atoms with Crippen molar-refractivity contribution in [3.8, 4) is 0 Å². The first-order valence-electron chi connectivity index (χ1n) is 11.8. The van der Waals surface area contributed by atoms with Gasteiger partial charge in [-0.3, -0.25) is 0 Å². The lowest BCUT2D eigenvalue weighted by Crippen LogP contribution is -2.35. The van der Waals surface area contributed by atoms with Crippen LogP contribution >= 0.6 is 15.2 Å². The first kappa shape index (κ1) is 22.7. The van der Waals surface area contributed by atoms with E-state index in [2.05, 4.69) is 152 Å². The highest BCUT2D eigenvalue weighted by molar-refractivity contribution is 7.96. The van der Waals surface area contributed by atoms with Gasteiger partial charge in [0, 0.05) is 6.16 Å². The molecule has 0 atom stereocenters. The van der Waals surface area contributed by atoms with Crippen LogP contribution < -0.4 is 26.5 Å². The molecule has 34 heavy (non-hydrogen) atoms. The first-order chi connectivity index (χ1) is 16.9. The molecule has 0 radical (unpaired) electrons. The van der Waals surface area contributed by atoms with Crippen molar-refractivity contribution in [2.24, 2.45) is 0 Å². The Morgan fingerprint density at radius 3 is 1.00 bits per heavy atom. The standard InChI is InChI=1S/C32H29P2/c1-6-16-28(17-7-1)33(29-18-8-2-9-19-29)26-27-34(30-20-10-3-11-21-30,31-22-12-4-13-23-31)32-24-14-5-15-25-32/h1-25H,26-27H2/q+1. The normalized spacial score (nSPS) is 11.4. The summed E-state index contributed by atoms with van der Waals surface area (Å²) < 4.78 is 0. The minimum absolute atomic E-state index is 0.459. The van der Waals surface area contributed by atoms with Crippen LogP contribution in [0.3, 0.4) is 0 Å². The van der Waals surface area contributed by atoms with Gasteiger partial charge in [0.2, 0.25) is 0 Å². The highest BCUT2D eigenvalue weighted by atomic mass is 31.2. The molecule has 5 aromatic carbocycles. The smallest absolute Gasteiger partial charge is 0.0622 e. The van der Waals surface area contributed by atoms with Gasteiger partial charge in [0.1, 0.15) is 23.2 Å². The summed E-state index contributed by atoms with van der Waals surface area (Å²) in [5.41, 5.74) is 0. The van der Waals surface area contributed by atoms with E-state index in [4.69, 9.17) is 0 Å². The molecule has 166 valence electrons. The summed E-state index contributed by atoms with van der Waals surface area (Å²) in [4.78, 5) is 0. The van der Waals surface area contributed by atoms with Gasteiger partial charge in [-0.15, -0.1) is 0 Å². The van der Waals surface area contributed by atoms with Crippen molar-refractivity contribution in [2.45, 2.75) is 0 Å². The van der Waals surface area contributed by atoms with E-state index in [0.29, 0.717) is 0 Å². The average molecular weight is 476 g/mol. The Labute approximate surface area is 205 Å². The van der Waals surface area contributed by atoms with Gasteiger partial charge in [-0.2, -0.15) is 0 Å². The molecule has 0 amide bonds. The molecule has 5 rings (SSSR count). The van der Waals surface area contributed by atoms with E-state index in [1.807, 2.05) is 0 Å². The second-order valence-electron chi connectivity index (χ2n) is 8.36. The highest BCUT2D eigenvalue weighted by Crippen LogP contribution is 2.57. The maximum Gasteiger partial charge on any atom is 0.112 e. The quantitative estimate of drug-likeness (QED) is 0.238. The molecule has 0 N–H and O–H groups in total. The molecular formula is C32H29P2+. The lowest BCUT2D eigenvalue weighted by Gasteiger charge is -2.29. The number of hydrogen-bond donors (Lipinski definition) is 0. The zero-order valence-electron chi connectivity index (χ0n) is 19.2. The van der Waals surface area contributed by atoms with Crippen molar-refractivity contribution in [3.63, 3.8) is 0 Å². The Balaban J connectivity index is 1.65. The van der Waals surface area contributed by atoms with Crippen molar-refractivity contribution in [1.29, 1.82) is 0 Å². The van der Waals surface area contributed by atoms with Crippen molar-refractivity contribution in [1.82, 2.24) is 0 Å². The molecule has 0 saturated carbocycles. The van der Waals surface area contributed by atoms with Crippen LogP contribution in [0, 0.1) is 0 Å². The molecule has 2 heteroatoms. The number of benzene rings is 5. The fourth-order valence-electron chi connectivity index (χ4n) is 4.76. The second kappa shape index (κ2) is 10.9. The molecule has 5 aromatic rings. The third-order valence-electron chi connectivity index (χ3n) is 6.39. The Morgan fingerprint density at radius 2 is 0.676 bits per heavy atom. The Bertz CT molecular complexity index is 1140. The lowest BCUT2D eigenvalue weighted by molar-refractivity contribution is 1.49. The van der Waals surface area contributed by atoms with Gasteiger partial charge in [0.15, 0.2) is 0 Å². The van der Waals surface area contributed by atoms with Crippen LogP contribution in [0.15, 0.2) is 152 Å². The fraction of sp³-hybridized carbons (Fsp3) is 0.0625. The van der Waals surface area contributed by atoms with Crippen LogP contribution in [0.1, 0.15) is 0 Å². The zero-order valence-corrected chi connectivity index (χ0v) is 21.0. The van der Waals surface area contributed by atoms with Gasteiger partial charge in [-0.05, 0) is 54.9 Å². The van der Waals surface area contributed by atoms with Gasteiger partial charge in [-0.1, -0.05) is 115 Å². The minimum atomic E-state index is -1.83. The van der Waals surface area contributed by atoms with Gasteiger partial charge >= 0.3 is 0 Å². The summed E-state index contributed by atoms with van der Waals surface area (Å²) in [5.74, 6) is 0. The summed E-state index contributed by atoms with van der Waals surface area (Å²) in [6, 6.07) is 55.9. The Morgan fingerprint density at radius 1 is 0.382 bits per heavy atom. The van der Waals surface area contributed by atoms with E-state index in [1.165, 1.54) is 26.5 Å². The van der Waals surface area contributed by atoms with Crippen LogP contribution in [0.2, 0.25) is 0 Å². The molecule has 0 aliphatic rings. The predicted molar refractivity (Wildman–Crippen MR) is 154 cm³/mol. The molecule has 0 aliphatic carbocycles. The van der Waals surface area contributed by atoms with Crippen molar-refractivity contribution < 1.29 is 0 Å². The molecule has 0 unspecified atom stereocenters. The molecule has 0 nitrogen and oxygen atoms in total. The van der Waals surface area contributed by atoms with Crippen LogP contribution in [-0.2, 0) is 0 Å². The van der Waals surface area contributed by atoms with Gasteiger partial charge in [0.25, 0.3) is 0 Å². The molecule has 0 aromatic heterocycles. The van der Waals surface area contributed by atoms with Gasteiger partial charge in [-0.25, -0.2) is 0 Å². The zero-order chi connectivity index (χ0) is 23.1. The van der Waals surface area contributed by atoms with E-state index < -0.39 is 15.2 Å². The van der Waals surface area contributed by atoms with Gasteiger partial charge < -0.3 is 0 Å². The molecule has 0 heterocycles. The third-order valence-corrected chi connectivity index (χ3v) is 13.7. The van der Waals surface area contributed by atoms with E-state index >= 15 is 0 Å². The Hall–Kier alpha value is -3.04. The van der Waals surface area contributed by atoms with Crippen molar-refractivity contribution in [3.05, 3.63) is 152 Å². The highest BCUT2D eigenvalue weighted by Gasteiger charge is 2.45. The second-order valence-corrected chi connectivity index (χ2v) is 14.3. The summed E-state index contributed by atoms with van der Waals surface area (Å²) in [6.07, 6.45) is 2.29. The predicted octanol–water partition coefficient (Wildman–Crippen LogP) is 6.11.